The van der Waals surface area contributed by atoms with Gasteiger partial charge < -0.3 is 5.32 Å². The highest BCUT2D eigenvalue weighted by molar-refractivity contribution is 4.78. The molecule has 0 aromatic rings. The van der Waals surface area contributed by atoms with Gasteiger partial charge >= 0.3 is 0 Å². The average Bonchev–Trinajstić information content (AvgIpc) is 2.21. The normalized spacial score (nSPS) is 24.0. The summed E-state index contributed by atoms with van der Waals surface area (Å²) in [5.74, 6) is 0. The number of piperidine rings is 1. The van der Waals surface area contributed by atoms with E-state index >= 15 is 0 Å². The van der Waals surface area contributed by atoms with Crippen molar-refractivity contribution in [3.8, 4) is 0 Å². The van der Waals surface area contributed by atoms with Gasteiger partial charge in [-0.1, -0.05) is 20.3 Å². The first-order valence-electron chi connectivity index (χ1n) is 6.33. The van der Waals surface area contributed by atoms with E-state index in [9.17, 15) is 0 Å². The van der Waals surface area contributed by atoms with E-state index in [1.807, 2.05) is 0 Å². The van der Waals surface area contributed by atoms with Gasteiger partial charge in [-0.25, -0.2) is 0 Å². The molecule has 1 atom stereocenters. The fourth-order valence-corrected chi connectivity index (χ4v) is 2.32. The summed E-state index contributed by atoms with van der Waals surface area (Å²) in [4.78, 5) is 2.67. The van der Waals surface area contributed by atoms with Gasteiger partial charge in [-0.05, 0) is 45.3 Å². The third kappa shape index (κ3) is 3.97. The van der Waals surface area contributed by atoms with E-state index in [0.29, 0.717) is 0 Å². The lowest BCUT2D eigenvalue weighted by atomic mass is 10.0. The monoisotopic (exact) mass is 198 g/mol. The second kappa shape index (κ2) is 7.24. The lowest BCUT2D eigenvalue weighted by Gasteiger charge is -2.35. The van der Waals surface area contributed by atoms with Gasteiger partial charge in [0.15, 0.2) is 0 Å². The molecular formula is C12H26N2. The minimum absolute atomic E-state index is 0.815. The Bertz CT molecular complexity index is 134. The van der Waals surface area contributed by atoms with E-state index in [1.54, 1.807) is 0 Å². The van der Waals surface area contributed by atoms with Crippen LogP contribution in [0.2, 0.25) is 0 Å². The summed E-state index contributed by atoms with van der Waals surface area (Å²) in [5.41, 5.74) is 0. The van der Waals surface area contributed by atoms with Crippen molar-refractivity contribution < 1.29 is 0 Å². The smallest absolute Gasteiger partial charge is 0.0220 e. The third-order valence-corrected chi connectivity index (χ3v) is 3.07. The molecule has 2 heteroatoms. The lowest BCUT2D eigenvalue weighted by Crippen LogP contribution is -2.45. The van der Waals surface area contributed by atoms with Crippen molar-refractivity contribution in [2.45, 2.75) is 52.0 Å². The van der Waals surface area contributed by atoms with E-state index < -0.39 is 0 Å². The second-order valence-corrected chi connectivity index (χ2v) is 4.39. The Hall–Kier alpha value is -0.0800. The van der Waals surface area contributed by atoms with Gasteiger partial charge in [0.25, 0.3) is 0 Å². The van der Waals surface area contributed by atoms with Gasteiger partial charge in [0, 0.05) is 12.6 Å². The molecule has 1 saturated heterocycles. The van der Waals surface area contributed by atoms with Crippen LogP contribution in [0.1, 0.15) is 46.0 Å². The molecule has 0 spiro atoms. The molecule has 0 aliphatic carbocycles. The molecule has 0 radical (unpaired) electrons. The van der Waals surface area contributed by atoms with Crippen LogP contribution in [0, 0.1) is 0 Å². The van der Waals surface area contributed by atoms with E-state index in [4.69, 9.17) is 0 Å². The molecule has 84 valence electrons. The predicted molar refractivity (Wildman–Crippen MR) is 62.7 cm³/mol. The summed E-state index contributed by atoms with van der Waals surface area (Å²) < 4.78 is 0. The van der Waals surface area contributed by atoms with Crippen LogP contribution in [0.4, 0.5) is 0 Å². The van der Waals surface area contributed by atoms with Crippen LogP contribution >= 0.6 is 0 Å². The molecular weight excluding hydrogens is 172 g/mol. The molecule has 2 nitrogen and oxygen atoms in total. The fourth-order valence-electron chi connectivity index (χ4n) is 2.32. The van der Waals surface area contributed by atoms with Gasteiger partial charge in [-0.2, -0.15) is 0 Å². The summed E-state index contributed by atoms with van der Waals surface area (Å²) in [5, 5.41) is 3.55. The maximum absolute atomic E-state index is 3.55. The Labute approximate surface area is 89.1 Å². The molecule has 1 fully saturated rings. The molecule has 0 aromatic carbocycles. The Kier molecular flexibility index (Phi) is 6.20. The first kappa shape index (κ1) is 12.0. The van der Waals surface area contributed by atoms with Gasteiger partial charge in [0.1, 0.15) is 0 Å². The topological polar surface area (TPSA) is 15.3 Å². The van der Waals surface area contributed by atoms with E-state index in [2.05, 4.69) is 24.1 Å². The Morgan fingerprint density at radius 1 is 1.21 bits per heavy atom. The van der Waals surface area contributed by atoms with Gasteiger partial charge in [0.2, 0.25) is 0 Å². The molecule has 0 bridgehead atoms. The Balaban J connectivity index is 2.22. The zero-order valence-corrected chi connectivity index (χ0v) is 9.89. The zero-order chi connectivity index (χ0) is 10.2. The number of nitrogens with one attached hydrogen (secondary N) is 1. The molecule has 0 amide bonds. The average molecular weight is 198 g/mol. The van der Waals surface area contributed by atoms with Crippen molar-refractivity contribution in [2.24, 2.45) is 0 Å². The molecule has 1 rings (SSSR count). The number of rotatable bonds is 6. The molecule has 1 N–H and O–H groups in total. The molecule has 0 aromatic heterocycles. The number of hydrogen-bond acceptors (Lipinski definition) is 2. The Morgan fingerprint density at radius 3 is 2.79 bits per heavy atom. The van der Waals surface area contributed by atoms with Crippen molar-refractivity contribution in [3.05, 3.63) is 0 Å². The predicted octanol–water partition coefficient (Wildman–Crippen LogP) is 2.25. The highest BCUT2D eigenvalue weighted by atomic mass is 15.2. The highest BCUT2D eigenvalue weighted by Crippen LogP contribution is 2.16. The molecule has 1 heterocycles. The van der Waals surface area contributed by atoms with Crippen molar-refractivity contribution in [3.63, 3.8) is 0 Å². The minimum Gasteiger partial charge on any atom is -0.315 e. The number of likely N-dealkylation sites (tertiary alicyclic amines) is 1. The summed E-state index contributed by atoms with van der Waals surface area (Å²) in [6.45, 7) is 9.51. The van der Waals surface area contributed by atoms with E-state index in [1.165, 1.54) is 58.3 Å². The van der Waals surface area contributed by atoms with Gasteiger partial charge in [-0.3, -0.25) is 4.90 Å². The maximum Gasteiger partial charge on any atom is 0.0220 e. The zero-order valence-electron chi connectivity index (χ0n) is 9.89. The first-order valence-corrected chi connectivity index (χ1v) is 6.33. The molecule has 1 aliphatic heterocycles. The third-order valence-electron chi connectivity index (χ3n) is 3.07. The molecule has 1 unspecified atom stereocenters. The Morgan fingerprint density at radius 2 is 2.07 bits per heavy atom. The van der Waals surface area contributed by atoms with E-state index in [0.717, 1.165) is 6.04 Å². The minimum atomic E-state index is 0.815. The van der Waals surface area contributed by atoms with Crippen LogP contribution in [0.15, 0.2) is 0 Å². The van der Waals surface area contributed by atoms with Crippen LogP contribution in [-0.2, 0) is 0 Å². The van der Waals surface area contributed by atoms with Crippen molar-refractivity contribution in [1.29, 1.82) is 0 Å². The highest BCUT2D eigenvalue weighted by Gasteiger charge is 2.20. The SMILES string of the molecule is CCCNCC1CCCCN1CCC. The number of hydrogen-bond donors (Lipinski definition) is 1. The standard InChI is InChI=1S/C12H26N2/c1-3-8-13-11-12-7-5-6-10-14(12)9-4-2/h12-13H,3-11H2,1-2H3. The quantitative estimate of drug-likeness (QED) is 0.659. The summed E-state index contributed by atoms with van der Waals surface area (Å²) in [6, 6.07) is 0.815. The number of nitrogens with zero attached hydrogens (tertiary/aromatic N) is 1. The first-order chi connectivity index (χ1) is 6.88. The van der Waals surface area contributed by atoms with Crippen LogP contribution in [-0.4, -0.2) is 37.1 Å². The lowest BCUT2D eigenvalue weighted by molar-refractivity contribution is 0.146. The van der Waals surface area contributed by atoms with Gasteiger partial charge in [-0.15, -0.1) is 0 Å². The summed E-state index contributed by atoms with van der Waals surface area (Å²) >= 11 is 0. The van der Waals surface area contributed by atoms with Crippen molar-refractivity contribution in [1.82, 2.24) is 10.2 Å². The van der Waals surface area contributed by atoms with E-state index in [-0.39, 0.29) is 0 Å². The largest absolute Gasteiger partial charge is 0.315 e. The van der Waals surface area contributed by atoms with Crippen molar-refractivity contribution in [2.75, 3.05) is 26.2 Å². The van der Waals surface area contributed by atoms with Crippen LogP contribution in [0.5, 0.6) is 0 Å². The van der Waals surface area contributed by atoms with Crippen LogP contribution in [0.3, 0.4) is 0 Å². The summed E-state index contributed by atoms with van der Waals surface area (Å²) in [6.07, 6.45) is 6.78. The second-order valence-electron chi connectivity index (χ2n) is 4.39. The van der Waals surface area contributed by atoms with Crippen LogP contribution in [0.25, 0.3) is 0 Å². The molecule has 1 aliphatic rings. The molecule has 14 heavy (non-hydrogen) atoms. The fraction of sp³-hybridized carbons (Fsp3) is 1.00. The van der Waals surface area contributed by atoms with Crippen molar-refractivity contribution >= 4 is 0 Å². The summed E-state index contributed by atoms with van der Waals surface area (Å²) in [7, 11) is 0. The van der Waals surface area contributed by atoms with Crippen LogP contribution < -0.4 is 5.32 Å². The van der Waals surface area contributed by atoms with Gasteiger partial charge in [0.05, 0.1) is 0 Å². The molecule has 0 saturated carbocycles. The maximum atomic E-state index is 3.55.